The van der Waals surface area contributed by atoms with Crippen LogP contribution in [0.2, 0.25) is 0 Å². The van der Waals surface area contributed by atoms with E-state index in [1.54, 1.807) is 12.1 Å². The van der Waals surface area contributed by atoms with Crippen LogP contribution in [-0.2, 0) is 16.1 Å². The average molecular weight is 236 g/mol. The predicted octanol–water partition coefficient (Wildman–Crippen LogP) is 0.578. The largest absolute Gasteiger partial charge is 0.355 e. The highest BCUT2D eigenvalue weighted by molar-refractivity contribution is 5.89. The Morgan fingerprint density at radius 1 is 1.41 bits per heavy atom. The maximum absolute atomic E-state index is 12.6. The molecule has 0 aromatic heterocycles. The first kappa shape index (κ1) is 11.6. The van der Waals surface area contributed by atoms with Gasteiger partial charge < -0.3 is 10.6 Å². The van der Waals surface area contributed by atoms with E-state index in [0.717, 1.165) is 5.56 Å². The lowest BCUT2D eigenvalue weighted by Gasteiger charge is -2.08. The predicted molar refractivity (Wildman–Crippen MR) is 59.4 cm³/mol. The third-order valence-corrected chi connectivity index (χ3v) is 2.73. The fraction of sp³-hybridized carbons (Fsp3) is 0.333. The Balaban J connectivity index is 1.84. The molecule has 1 atom stereocenters. The molecule has 1 aromatic carbocycles. The van der Waals surface area contributed by atoms with E-state index < -0.39 is 0 Å². The molecular formula is C12H13FN2O2. The van der Waals surface area contributed by atoms with E-state index in [1.807, 2.05) is 0 Å². The van der Waals surface area contributed by atoms with Gasteiger partial charge in [0, 0.05) is 19.5 Å². The van der Waals surface area contributed by atoms with Crippen molar-refractivity contribution in [2.75, 3.05) is 6.54 Å². The Labute approximate surface area is 98.2 Å². The van der Waals surface area contributed by atoms with Gasteiger partial charge in [-0.15, -0.1) is 0 Å². The molecule has 90 valence electrons. The maximum atomic E-state index is 12.6. The third kappa shape index (κ3) is 3.03. The first-order valence-electron chi connectivity index (χ1n) is 5.44. The van der Waals surface area contributed by atoms with Crippen LogP contribution in [0.15, 0.2) is 24.3 Å². The Bertz CT molecular complexity index is 431. The number of hydrogen-bond donors (Lipinski definition) is 2. The first-order chi connectivity index (χ1) is 8.15. The van der Waals surface area contributed by atoms with Crippen molar-refractivity contribution in [3.8, 4) is 0 Å². The zero-order chi connectivity index (χ0) is 12.3. The summed E-state index contributed by atoms with van der Waals surface area (Å²) in [6.07, 6.45) is 0.245. The lowest BCUT2D eigenvalue weighted by atomic mass is 10.1. The van der Waals surface area contributed by atoms with E-state index in [-0.39, 0.29) is 30.0 Å². The van der Waals surface area contributed by atoms with Gasteiger partial charge in [-0.25, -0.2) is 4.39 Å². The summed E-state index contributed by atoms with van der Waals surface area (Å²) < 4.78 is 12.6. The van der Waals surface area contributed by atoms with E-state index in [9.17, 15) is 14.0 Å². The number of halogens is 1. The van der Waals surface area contributed by atoms with Gasteiger partial charge in [-0.2, -0.15) is 0 Å². The molecule has 2 N–H and O–H groups in total. The molecule has 0 spiro atoms. The minimum atomic E-state index is -0.300. The van der Waals surface area contributed by atoms with Gasteiger partial charge in [0.2, 0.25) is 11.8 Å². The van der Waals surface area contributed by atoms with Crippen LogP contribution in [0.3, 0.4) is 0 Å². The number of amides is 2. The molecule has 1 unspecified atom stereocenters. The minimum absolute atomic E-state index is 0.0908. The van der Waals surface area contributed by atoms with Crippen molar-refractivity contribution in [1.29, 1.82) is 0 Å². The van der Waals surface area contributed by atoms with Crippen molar-refractivity contribution in [2.45, 2.75) is 13.0 Å². The summed E-state index contributed by atoms with van der Waals surface area (Å²) in [5, 5.41) is 5.33. The second kappa shape index (κ2) is 4.95. The minimum Gasteiger partial charge on any atom is -0.355 e. The highest BCUT2D eigenvalue weighted by Crippen LogP contribution is 2.09. The van der Waals surface area contributed by atoms with Gasteiger partial charge in [-0.05, 0) is 17.7 Å². The lowest BCUT2D eigenvalue weighted by Crippen LogP contribution is -2.31. The summed E-state index contributed by atoms with van der Waals surface area (Å²) in [7, 11) is 0. The van der Waals surface area contributed by atoms with Crippen LogP contribution >= 0.6 is 0 Å². The topological polar surface area (TPSA) is 58.2 Å². The average Bonchev–Trinajstić information content (AvgIpc) is 2.75. The van der Waals surface area contributed by atoms with E-state index >= 15 is 0 Å². The zero-order valence-corrected chi connectivity index (χ0v) is 9.20. The molecule has 5 heteroatoms. The summed E-state index contributed by atoms with van der Waals surface area (Å²) in [6, 6.07) is 5.94. The Morgan fingerprint density at radius 3 is 2.71 bits per heavy atom. The molecule has 1 aromatic rings. The van der Waals surface area contributed by atoms with Gasteiger partial charge in [0.25, 0.3) is 0 Å². The molecule has 1 aliphatic heterocycles. The van der Waals surface area contributed by atoms with E-state index in [0.29, 0.717) is 13.1 Å². The highest BCUT2D eigenvalue weighted by atomic mass is 19.1. The molecule has 1 saturated heterocycles. The van der Waals surface area contributed by atoms with Gasteiger partial charge >= 0.3 is 0 Å². The summed E-state index contributed by atoms with van der Waals surface area (Å²) in [5.74, 6) is -0.826. The molecule has 0 saturated carbocycles. The molecule has 1 aliphatic rings. The van der Waals surface area contributed by atoms with Gasteiger partial charge in [0.05, 0.1) is 5.92 Å². The third-order valence-electron chi connectivity index (χ3n) is 2.73. The number of rotatable bonds is 3. The number of hydrogen-bond acceptors (Lipinski definition) is 2. The molecular weight excluding hydrogens is 223 g/mol. The monoisotopic (exact) mass is 236 g/mol. The quantitative estimate of drug-likeness (QED) is 0.806. The van der Waals surface area contributed by atoms with Gasteiger partial charge in [0.1, 0.15) is 5.82 Å². The molecule has 2 amide bonds. The number of carbonyl (C=O) groups is 2. The summed E-state index contributed by atoms with van der Waals surface area (Å²) in [5.41, 5.74) is 0.831. The molecule has 0 radical (unpaired) electrons. The second-order valence-electron chi connectivity index (χ2n) is 4.05. The van der Waals surface area contributed by atoms with Gasteiger partial charge in [-0.3, -0.25) is 9.59 Å². The second-order valence-corrected chi connectivity index (χ2v) is 4.05. The highest BCUT2D eigenvalue weighted by Gasteiger charge is 2.27. The fourth-order valence-corrected chi connectivity index (χ4v) is 1.73. The van der Waals surface area contributed by atoms with E-state index in [1.165, 1.54) is 12.1 Å². The van der Waals surface area contributed by atoms with Crippen LogP contribution in [0.25, 0.3) is 0 Å². The van der Waals surface area contributed by atoms with Gasteiger partial charge in [-0.1, -0.05) is 12.1 Å². The molecule has 0 bridgehead atoms. The Morgan fingerprint density at radius 2 is 2.12 bits per heavy atom. The summed E-state index contributed by atoms with van der Waals surface area (Å²) in [6.45, 7) is 0.748. The lowest BCUT2D eigenvalue weighted by molar-refractivity contribution is -0.126. The van der Waals surface area contributed by atoms with Crippen molar-refractivity contribution >= 4 is 11.8 Å². The van der Waals surface area contributed by atoms with Crippen molar-refractivity contribution in [2.24, 2.45) is 5.92 Å². The van der Waals surface area contributed by atoms with E-state index in [4.69, 9.17) is 0 Å². The Hall–Kier alpha value is -1.91. The summed E-state index contributed by atoms with van der Waals surface area (Å²) >= 11 is 0. The first-order valence-corrected chi connectivity index (χ1v) is 5.44. The van der Waals surface area contributed by atoms with Crippen molar-refractivity contribution in [3.05, 3.63) is 35.6 Å². The van der Waals surface area contributed by atoms with Crippen LogP contribution in [0.5, 0.6) is 0 Å². The molecule has 4 nitrogen and oxygen atoms in total. The maximum Gasteiger partial charge on any atom is 0.225 e. The van der Waals surface area contributed by atoms with Crippen molar-refractivity contribution < 1.29 is 14.0 Å². The number of nitrogens with one attached hydrogen (secondary N) is 2. The number of benzene rings is 1. The SMILES string of the molecule is O=C1CC(C(=O)NCc2ccc(F)cc2)CN1. The smallest absolute Gasteiger partial charge is 0.225 e. The Kier molecular flexibility index (Phi) is 3.37. The summed E-state index contributed by atoms with van der Waals surface area (Å²) in [4.78, 5) is 22.6. The molecule has 2 rings (SSSR count). The standard InChI is InChI=1S/C12H13FN2O2/c13-10-3-1-8(2-4-10)6-15-12(17)9-5-11(16)14-7-9/h1-4,9H,5-7H2,(H,14,16)(H,15,17). The molecule has 1 fully saturated rings. The van der Waals surface area contributed by atoms with Crippen LogP contribution in [0.1, 0.15) is 12.0 Å². The van der Waals surface area contributed by atoms with Crippen LogP contribution in [-0.4, -0.2) is 18.4 Å². The molecule has 0 aliphatic carbocycles. The van der Waals surface area contributed by atoms with Gasteiger partial charge in [0.15, 0.2) is 0 Å². The van der Waals surface area contributed by atoms with Crippen LogP contribution in [0, 0.1) is 11.7 Å². The molecule has 1 heterocycles. The fourth-order valence-electron chi connectivity index (χ4n) is 1.73. The normalized spacial score (nSPS) is 18.9. The number of carbonyl (C=O) groups excluding carboxylic acids is 2. The van der Waals surface area contributed by atoms with E-state index in [2.05, 4.69) is 10.6 Å². The molecule has 17 heavy (non-hydrogen) atoms. The van der Waals surface area contributed by atoms with Crippen LogP contribution < -0.4 is 10.6 Å². The zero-order valence-electron chi connectivity index (χ0n) is 9.20. The van der Waals surface area contributed by atoms with Crippen molar-refractivity contribution in [1.82, 2.24) is 10.6 Å². The van der Waals surface area contributed by atoms with Crippen molar-refractivity contribution in [3.63, 3.8) is 0 Å². The van der Waals surface area contributed by atoms with Crippen LogP contribution in [0.4, 0.5) is 4.39 Å².